The molecule has 2 aromatic heterocycles. The zero-order valence-electron chi connectivity index (χ0n) is 21.6. The Morgan fingerprint density at radius 3 is 2.46 bits per heavy atom. The molecule has 8 nitrogen and oxygen atoms in total. The molecule has 0 radical (unpaired) electrons. The summed E-state index contributed by atoms with van der Waals surface area (Å²) in [5, 5.41) is 6.24. The van der Waals surface area contributed by atoms with Crippen molar-refractivity contribution in [3.05, 3.63) is 40.0 Å². The second-order valence-electron chi connectivity index (χ2n) is 11.1. The molecule has 0 bridgehead atoms. The quantitative estimate of drug-likeness (QED) is 0.624. The van der Waals surface area contributed by atoms with Crippen LogP contribution in [0.1, 0.15) is 79.9 Å². The van der Waals surface area contributed by atoms with Crippen molar-refractivity contribution in [3.8, 4) is 0 Å². The number of aryl methyl sites for hydroxylation is 1. The van der Waals surface area contributed by atoms with Crippen molar-refractivity contribution in [1.29, 1.82) is 0 Å². The fraction of sp³-hybridized carbons (Fsp3) is 0.538. The molecule has 2 aromatic rings. The molecule has 0 spiro atoms. The third kappa shape index (κ3) is 5.05. The maximum atomic E-state index is 13.7. The van der Waals surface area contributed by atoms with Gasteiger partial charge in [-0.05, 0) is 62.6 Å². The molecule has 35 heavy (non-hydrogen) atoms. The highest BCUT2D eigenvalue weighted by atomic mass is 32.1. The Hall–Kier alpha value is -2.94. The number of hydrogen-bond acceptors (Lipinski definition) is 5. The van der Waals surface area contributed by atoms with E-state index in [4.69, 9.17) is 0 Å². The van der Waals surface area contributed by atoms with Gasteiger partial charge in [0, 0.05) is 30.7 Å². The van der Waals surface area contributed by atoms with Crippen LogP contribution in [0.4, 0.5) is 15.5 Å². The smallest absolute Gasteiger partial charge is 0.324 e. The minimum absolute atomic E-state index is 0.103. The van der Waals surface area contributed by atoms with Crippen molar-refractivity contribution in [1.82, 2.24) is 14.8 Å². The number of thiophene rings is 1. The maximum absolute atomic E-state index is 13.7. The lowest BCUT2D eigenvalue weighted by Gasteiger charge is -2.44. The molecule has 2 N–H and O–H groups in total. The molecule has 188 valence electrons. The molecule has 1 saturated heterocycles. The summed E-state index contributed by atoms with van der Waals surface area (Å²) in [5.41, 5.74) is 2.02. The van der Waals surface area contributed by atoms with Gasteiger partial charge in [0.25, 0.3) is 5.91 Å². The van der Waals surface area contributed by atoms with Crippen LogP contribution in [0.3, 0.4) is 0 Å². The number of aromatic nitrogens is 1. The summed E-state index contributed by atoms with van der Waals surface area (Å²) in [7, 11) is 1.75. The van der Waals surface area contributed by atoms with E-state index in [0.29, 0.717) is 35.3 Å². The molecule has 1 aliphatic heterocycles. The largest absolute Gasteiger partial charge is 0.342 e. The molecular weight excluding hydrogens is 462 g/mol. The van der Waals surface area contributed by atoms with Gasteiger partial charge in [-0.1, -0.05) is 20.8 Å². The molecule has 2 fully saturated rings. The Kier molecular flexibility index (Phi) is 6.42. The number of anilines is 2. The van der Waals surface area contributed by atoms with E-state index in [-0.39, 0.29) is 17.2 Å². The number of carbonyl (C=O) groups excluding carboxylic acids is 3. The molecule has 1 saturated carbocycles. The van der Waals surface area contributed by atoms with Gasteiger partial charge in [-0.3, -0.25) is 19.9 Å². The molecular formula is C26H35N5O3S. The van der Waals surface area contributed by atoms with Gasteiger partial charge in [0.05, 0.1) is 17.4 Å². The highest BCUT2D eigenvalue weighted by molar-refractivity contribution is 7.16. The molecule has 4 amide bonds. The van der Waals surface area contributed by atoms with Gasteiger partial charge < -0.3 is 15.1 Å². The first-order chi connectivity index (χ1) is 16.3. The highest BCUT2D eigenvalue weighted by Gasteiger charge is 2.44. The molecule has 0 unspecified atom stereocenters. The van der Waals surface area contributed by atoms with Gasteiger partial charge in [0.15, 0.2) is 0 Å². The summed E-state index contributed by atoms with van der Waals surface area (Å²) < 4.78 is 0. The molecule has 4 rings (SSSR count). The Balaban J connectivity index is 1.59. The van der Waals surface area contributed by atoms with Crippen LogP contribution < -0.4 is 10.6 Å². The number of piperazine rings is 1. The predicted molar refractivity (Wildman–Crippen MR) is 139 cm³/mol. The van der Waals surface area contributed by atoms with Crippen LogP contribution in [0.5, 0.6) is 0 Å². The maximum Gasteiger partial charge on any atom is 0.324 e. The van der Waals surface area contributed by atoms with Crippen LogP contribution >= 0.6 is 11.3 Å². The number of amides is 4. The predicted octanol–water partition coefficient (Wildman–Crippen LogP) is 4.96. The Bertz CT molecular complexity index is 1180. The lowest BCUT2D eigenvalue weighted by molar-refractivity contribution is -0.144. The standard InChI is InChI=1S/C26H35N5O3S/c1-15-18(16-8-9-16)12-17(14-27-15)28-24(34)29-21-19(13-20(35-21)25(2,3)4)22(32)31-11-10-30(7)23(33)26(31,5)6/h12-14,16H,8-11H2,1-7H3,(H2,28,29,34). The van der Waals surface area contributed by atoms with Crippen molar-refractivity contribution in [2.24, 2.45) is 0 Å². The van der Waals surface area contributed by atoms with Crippen LogP contribution in [-0.4, -0.2) is 58.3 Å². The van der Waals surface area contributed by atoms with Gasteiger partial charge >= 0.3 is 6.03 Å². The zero-order valence-corrected chi connectivity index (χ0v) is 22.4. The normalized spacial score (nSPS) is 18.0. The van der Waals surface area contributed by atoms with Gasteiger partial charge in [-0.2, -0.15) is 0 Å². The van der Waals surface area contributed by atoms with E-state index < -0.39 is 11.6 Å². The second kappa shape index (κ2) is 8.93. The van der Waals surface area contributed by atoms with E-state index >= 15 is 0 Å². The van der Waals surface area contributed by atoms with E-state index in [1.165, 1.54) is 16.9 Å². The van der Waals surface area contributed by atoms with Crippen LogP contribution in [0.25, 0.3) is 0 Å². The van der Waals surface area contributed by atoms with Crippen LogP contribution in [-0.2, 0) is 10.2 Å². The van der Waals surface area contributed by atoms with Gasteiger partial charge in [-0.15, -0.1) is 11.3 Å². The Labute approximate surface area is 211 Å². The van der Waals surface area contributed by atoms with Crippen molar-refractivity contribution in [3.63, 3.8) is 0 Å². The SMILES string of the molecule is Cc1ncc(NC(=O)Nc2sc(C(C)(C)C)cc2C(=O)N2CCN(C)C(=O)C2(C)C)cc1C1CC1. The first-order valence-corrected chi connectivity index (χ1v) is 12.9. The van der Waals surface area contributed by atoms with Crippen molar-refractivity contribution in [2.75, 3.05) is 30.8 Å². The number of pyridine rings is 1. The summed E-state index contributed by atoms with van der Waals surface area (Å²) >= 11 is 1.39. The Morgan fingerprint density at radius 1 is 1.14 bits per heavy atom. The topological polar surface area (TPSA) is 94.6 Å². The molecule has 9 heteroatoms. The number of urea groups is 1. The second-order valence-corrected chi connectivity index (χ2v) is 12.2. The zero-order chi connectivity index (χ0) is 25.7. The van der Waals surface area contributed by atoms with E-state index in [1.807, 2.05) is 19.1 Å². The van der Waals surface area contributed by atoms with Crippen molar-refractivity contribution < 1.29 is 14.4 Å². The first-order valence-electron chi connectivity index (χ1n) is 12.1. The summed E-state index contributed by atoms with van der Waals surface area (Å²) in [4.78, 5) is 48.1. The summed E-state index contributed by atoms with van der Waals surface area (Å²) in [6.07, 6.45) is 3.96. The molecule has 1 aliphatic carbocycles. The monoisotopic (exact) mass is 497 g/mol. The summed E-state index contributed by atoms with van der Waals surface area (Å²) in [6, 6.07) is 3.40. The van der Waals surface area contributed by atoms with Crippen LogP contribution in [0.15, 0.2) is 18.3 Å². The van der Waals surface area contributed by atoms with Gasteiger partial charge in [-0.25, -0.2) is 4.79 Å². The average Bonchev–Trinajstić information content (AvgIpc) is 3.51. The van der Waals surface area contributed by atoms with Gasteiger partial charge in [0.1, 0.15) is 10.5 Å². The fourth-order valence-electron chi connectivity index (χ4n) is 4.42. The summed E-state index contributed by atoms with van der Waals surface area (Å²) in [6.45, 7) is 12.6. The number of carbonyl (C=O) groups is 3. The van der Waals surface area contributed by atoms with Crippen LogP contribution in [0, 0.1) is 6.92 Å². The molecule has 2 aliphatic rings. The summed E-state index contributed by atoms with van der Waals surface area (Å²) in [5.74, 6) is 0.165. The minimum Gasteiger partial charge on any atom is -0.342 e. The van der Waals surface area contributed by atoms with E-state index in [9.17, 15) is 14.4 Å². The van der Waals surface area contributed by atoms with E-state index in [2.05, 4.69) is 36.4 Å². The Morgan fingerprint density at radius 2 is 1.83 bits per heavy atom. The number of nitrogens with one attached hydrogen (secondary N) is 2. The number of likely N-dealkylation sites (N-methyl/N-ethyl adjacent to an activating group) is 1. The average molecular weight is 498 g/mol. The van der Waals surface area contributed by atoms with Crippen molar-refractivity contribution >= 4 is 39.9 Å². The number of hydrogen-bond donors (Lipinski definition) is 2. The fourth-order valence-corrected chi connectivity index (χ4v) is 5.52. The molecule has 0 atom stereocenters. The third-order valence-electron chi connectivity index (χ3n) is 6.78. The minimum atomic E-state index is -0.972. The lowest BCUT2D eigenvalue weighted by Crippen LogP contribution is -2.63. The van der Waals surface area contributed by atoms with Gasteiger partial charge in [0.2, 0.25) is 5.91 Å². The first kappa shape index (κ1) is 25.2. The molecule has 3 heterocycles. The van der Waals surface area contributed by atoms with E-state index in [0.717, 1.165) is 23.4 Å². The molecule has 0 aromatic carbocycles. The van der Waals surface area contributed by atoms with Crippen molar-refractivity contribution in [2.45, 2.75) is 71.3 Å². The third-order valence-corrected chi connectivity index (χ3v) is 8.26. The number of rotatable bonds is 4. The van der Waals surface area contributed by atoms with Crippen LogP contribution in [0.2, 0.25) is 0 Å². The van der Waals surface area contributed by atoms with E-state index in [1.54, 1.807) is 36.9 Å². The number of nitrogens with zero attached hydrogens (tertiary/aromatic N) is 3. The highest BCUT2D eigenvalue weighted by Crippen LogP contribution is 2.42. The lowest BCUT2D eigenvalue weighted by atomic mass is 9.93.